The van der Waals surface area contributed by atoms with Crippen LogP contribution in [0.25, 0.3) is 0 Å². The van der Waals surface area contributed by atoms with Gasteiger partial charge in [-0.1, -0.05) is 25.1 Å². The summed E-state index contributed by atoms with van der Waals surface area (Å²) in [5.41, 5.74) is 0.0454. The molecule has 0 saturated carbocycles. The lowest BCUT2D eigenvalue weighted by atomic mass is 10.2. The second-order valence-corrected chi connectivity index (χ2v) is 7.71. The minimum Gasteiger partial charge on any atom is -0.365 e. The lowest BCUT2D eigenvalue weighted by Crippen LogP contribution is -2.44. The van der Waals surface area contributed by atoms with E-state index in [2.05, 4.69) is 25.8 Å². The number of hydrogen-bond donors (Lipinski definition) is 2. The fourth-order valence-corrected chi connectivity index (χ4v) is 3.41. The zero-order chi connectivity index (χ0) is 21.5. The maximum Gasteiger partial charge on any atom is 0.226 e. The van der Waals surface area contributed by atoms with E-state index in [1.165, 1.54) is 18.2 Å². The Bertz CT molecular complexity index is 840. The van der Waals surface area contributed by atoms with Crippen LogP contribution >= 0.6 is 24.0 Å². The number of para-hydroxylation sites is 1. The molecule has 0 aliphatic carbocycles. The van der Waals surface area contributed by atoms with Crippen LogP contribution in [0.1, 0.15) is 51.2 Å². The molecule has 1 atom stereocenters. The van der Waals surface area contributed by atoms with Crippen molar-refractivity contribution in [2.75, 3.05) is 31.1 Å². The van der Waals surface area contributed by atoms with Gasteiger partial charge in [0, 0.05) is 44.6 Å². The molecule has 1 aliphatic heterocycles. The summed E-state index contributed by atoms with van der Waals surface area (Å²) in [6, 6.07) is 4.02. The molecule has 2 aromatic rings. The predicted molar refractivity (Wildman–Crippen MR) is 128 cm³/mol. The third-order valence-corrected chi connectivity index (χ3v) is 4.95. The van der Waals surface area contributed by atoms with Gasteiger partial charge in [-0.3, -0.25) is 4.99 Å². The highest BCUT2D eigenvalue weighted by molar-refractivity contribution is 14.0. The first kappa shape index (κ1) is 25.3. The molecule has 1 aromatic carbocycles. The van der Waals surface area contributed by atoms with Crippen molar-refractivity contribution in [1.82, 2.24) is 20.8 Å². The second-order valence-electron chi connectivity index (χ2n) is 7.71. The quantitative estimate of drug-likeness (QED) is 0.226. The van der Waals surface area contributed by atoms with Gasteiger partial charge in [-0.05, 0) is 31.9 Å². The minimum atomic E-state index is -0.530. The van der Waals surface area contributed by atoms with E-state index in [9.17, 15) is 8.78 Å². The van der Waals surface area contributed by atoms with E-state index >= 15 is 0 Å². The lowest BCUT2D eigenvalue weighted by Gasteiger charge is -2.21. The number of nitrogens with one attached hydrogen (secondary N) is 2. The van der Waals surface area contributed by atoms with Crippen molar-refractivity contribution >= 4 is 35.6 Å². The first-order valence-corrected chi connectivity index (χ1v) is 10.5. The van der Waals surface area contributed by atoms with Gasteiger partial charge in [0.1, 0.15) is 17.3 Å². The minimum absolute atomic E-state index is 0. The van der Waals surface area contributed by atoms with Gasteiger partial charge in [-0.15, -0.1) is 24.0 Å². The van der Waals surface area contributed by atoms with Gasteiger partial charge in [0.2, 0.25) is 5.89 Å². The molecule has 2 N–H and O–H groups in total. The van der Waals surface area contributed by atoms with Crippen molar-refractivity contribution in [2.24, 2.45) is 4.99 Å². The molecule has 0 radical (unpaired) electrons. The van der Waals surface area contributed by atoms with Gasteiger partial charge < -0.3 is 20.1 Å². The molecular formula is C21H31F2IN6O. The Kier molecular flexibility index (Phi) is 9.92. The Morgan fingerprint density at radius 1 is 1.32 bits per heavy atom. The van der Waals surface area contributed by atoms with Gasteiger partial charge in [0.25, 0.3) is 0 Å². The normalized spacial score (nSPS) is 16.5. The van der Waals surface area contributed by atoms with Crippen molar-refractivity contribution in [3.8, 4) is 0 Å². The van der Waals surface area contributed by atoms with Crippen LogP contribution in [0.15, 0.2) is 27.7 Å². The first-order chi connectivity index (χ1) is 14.5. The molecule has 172 valence electrons. The Morgan fingerprint density at radius 3 is 2.71 bits per heavy atom. The van der Waals surface area contributed by atoms with Gasteiger partial charge in [-0.25, -0.2) is 8.78 Å². The van der Waals surface area contributed by atoms with Gasteiger partial charge in [-0.2, -0.15) is 4.98 Å². The number of nitrogens with zero attached hydrogens (tertiary/aromatic N) is 4. The molecule has 0 spiro atoms. The zero-order valence-electron chi connectivity index (χ0n) is 18.2. The fourth-order valence-electron chi connectivity index (χ4n) is 3.41. The van der Waals surface area contributed by atoms with Crippen LogP contribution in [0, 0.1) is 11.6 Å². The number of hydrogen-bond acceptors (Lipinski definition) is 5. The van der Waals surface area contributed by atoms with Crippen LogP contribution in [-0.4, -0.2) is 48.3 Å². The summed E-state index contributed by atoms with van der Waals surface area (Å²) < 4.78 is 33.4. The van der Waals surface area contributed by atoms with E-state index in [1.54, 1.807) is 4.90 Å². The van der Waals surface area contributed by atoms with Crippen LogP contribution in [-0.2, 0) is 6.42 Å². The highest BCUT2D eigenvalue weighted by Crippen LogP contribution is 2.26. The smallest absolute Gasteiger partial charge is 0.226 e. The maximum atomic E-state index is 14.0. The van der Waals surface area contributed by atoms with Crippen molar-refractivity contribution in [2.45, 2.75) is 52.0 Å². The molecule has 7 nitrogen and oxygen atoms in total. The maximum absolute atomic E-state index is 14.0. The largest absolute Gasteiger partial charge is 0.365 e. The van der Waals surface area contributed by atoms with Crippen LogP contribution in [0.2, 0.25) is 0 Å². The van der Waals surface area contributed by atoms with Crippen LogP contribution in [0.5, 0.6) is 0 Å². The van der Waals surface area contributed by atoms with E-state index in [1.807, 2.05) is 20.8 Å². The number of benzene rings is 1. The number of aliphatic imine (C=N–C) groups is 1. The number of aryl methyl sites for hydroxylation is 1. The Balaban J connectivity index is 0.00000341. The molecule has 1 fully saturated rings. The lowest BCUT2D eigenvalue weighted by molar-refractivity contribution is 0.369. The molecule has 1 aromatic heterocycles. The SMILES string of the molecule is CCNC(=NCCCc1nc(C(C)C)no1)NC1CCN(c2c(F)cccc2F)C1.I. The number of aromatic nitrogens is 2. The Hall–Kier alpha value is -1.98. The zero-order valence-corrected chi connectivity index (χ0v) is 20.5. The summed E-state index contributed by atoms with van der Waals surface area (Å²) in [7, 11) is 0. The van der Waals surface area contributed by atoms with Gasteiger partial charge in [0.05, 0.1) is 0 Å². The van der Waals surface area contributed by atoms with E-state index in [0.717, 1.165) is 25.2 Å². The summed E-state index contributed by atoms with van der Waals surface area (Å²) in [5.74, 6) is 1.24. The van der Waals surface area contributed by atoms with Crippen molar-refractivity contribution in [1.29, 1.82) is 0 Å². The number of anilines is 1. The third-order valence-electron chi connectivity index (χ3n) is 4.95. The third kappa shape index (κ3) is 7.01. The molecule has 0 amide bonds. The summed E-state index contributed by atoms with van der Waals surface area (Å²) >= 11 is 0. The van der Waals surface area contributed by atoms with Crippen LogP contribution in [0.3, 0.4) is 0 Å². The molecule has 2 heterocycles. The molecule has 1 saturated heterocycles. The summed E-state index contributed by atoms with van der Waals surface area (Å²) in [6.45, 7) is 8.49. The standard InChI is InChI=1S/C21H30F2N6O.HI/c1-4-24-21(25-11-6-9-18-27-20(14(2)3)28-30-18)26-15-10-12-29(13-15)19-16(22)7-5-8-17(19)23;/h5,7-8,14-15H,4,6,9-13H2,1-3H3,(H2,24,25,26);1H. The Labute approximate surface area is 199 Å². The highest BCUT2D eigenvalue weighted by atomic mass is 127. The summed E-state index contributed by atoms with van der Waals surface area (Å²) in [6.07, 6.45) is 2.23. The van der Waals surface area contributed by atoms with E-state index in [4.69, 9.17) is 4.52 Å². The van der Waals surface area contributed by atoms with Crippen LogP contribution in [0.4, 0.5) is 14.5 Å². The molecule has 0 bridgehead atoms. The molecule has 10 heteroatoms. The fraction of sp³-hybridized carbons (Fsp3) is 0.571. The number of halogens is 3. The molecule has 1 unspecified atom stereocenters. The van der Waals surface area contributed by atoms with Crippen molar-refractivity contribution < 1.29 is 13.3 Å². The molecule has 1 aliphatic rings. The first-order valence-electron chi connectivity index (χ1n) is 10.5. The van der Waals surface area contributed by atoms with E-state index in [0.29, 0.717) is 37.9 Å². The Morgan fingerprint density at radius 2 is 2.06 bits per heavy atom. The average molecular weight is 548 g/mol. The molecular weight excluding hydrogens is 517 g/mol. The van der Waals surface area contributed by atoms with Gasteiger partial charge in [0.15, 0.2) is 11.8 Å². The number of guanidine groups is 1. The van der Waals surface area contributed by atoms with Crippen molar-refractivity contribution in [3.63, 3.8) is 0 Å². The summed E-state index contributed by atoms with van der Waals surface area (Å²) in [4.78, 5) is 10.7. The average Bonchev–Trinajstić information content (AvgIpc) is 3.35. The van der Waals surface area contributed by atoms with Crippen molar-refractivity contribution in [3.05, 3.63) is 41.5 Å². The second kappa shape index (κ2) is 12.2. The predicted octanol–water partition coefficient (Wildman–Crippen LogP) is 3.86. The monoisotopic (exact) mass is 548 g/mol. The number of rotatable bonds is 8. The highest BCUT2D eigenvalue weighted by Gasteiger charge is 2.27. The molecule has 31 heavy (non-hydrogen) atoms. The summed E-state index contributed by atoms with van der Waals surface area (Å²) in [5, 5.41) is 10.6. The van der Waals surface area contributed by atoms with Crippen LogP contribution < -0.4 is 15.5 Å². The van der Waals surface area contributed by atoms with E-state index < -0.39 is 11.6 Å². The topological polar surface area (TPSA) is 78.6 Å². The van der Waals surface area contributed by atoms with Gasteiger partial charge >= 0.3 is 0 Å². The molecule has 3 rings (SSSR count). The van der Waals surface area contributed by atoms with E-state index in [-0.39, 0.29) is 41.6 Å².